The van der Waals surface area contributed by atoms with Gasteiger partial charge in [0.25, 0.3) is 5.91 Å². The molecule has 0 aromatic carbocycles. The van der Waals surface area contributed by atoms with Crippen LogP contribution in [0.4, 0.5) is 0 Å². The number of amides is 1. The van der Waals surface area contributed by atoms with Crippen LogP contribution in [0.2, 0.25) is 0 Å². The van der Waals surface area contributed by atoms with Crippen molar-refractivity contribution >= 4 is 5.91 Å². The molecule has 23 heavy (non-hydrogen) atoms. The lowest BCUT2D eigenvalue weighted by atomic mass is 9.62. The van der Waals surface area contributed by atoms with Crippen LogP contribution in [0.25, 0.3) is 0 Å². The van der Waals surface area contributed by atoms with E-state index in [4.69, 9.17) is 4.42 Å². The van der Waals surface area contributed by atoms with Gasteiger partial charge in [-0.1, -0.05) is 13.3 Å². The van der Waals surface area contributed by atoms with Crippen molar-refractivity contribution in [3.8, 4) is 0 Å². The van der Waals surface area contributed by atoms with Crippen LogP contribution in [0.1, 0.15) is 54.7 Å². The highest BCUT2D eigenvalue weighted by atomic mass is 16.3. The van der Waals surface area contributed by atoms with Crippen LogP contribution < -0.4 is 0 Å². The highest BCUT2D eigenvalue weighted by Gasteiger charge is 2.53. The Kier molecular flexibility index (Phi) is 3.47. The van der Waals surface area contributed by atoms with Gasteiger partial charge in [-0.2, -0.15) is 0 Å². The Labute approximate surface area is 135 Å². The molecule has 6 nitrogen and oxygen atoms in total. The molecule has 1 aliphatic heterocycles. The molecule has 1 aliphatic carbocycles. The van der Waals surface area contributed by atoms with Crippen molar-refractivity contribution in [2.75, 3.05) is 13.1 Å². The minimum Gasteiger partial charge on any atom is -0.472 e. The van der Waals surface area contributed by atoms with E-state index >= 15 is 0 Å². The van der Waals surface area contributed by atoms with Crippen molar-refractivity contribution < 1.29 is 9.21 Å². The molecule has 1 atom stereocenters. The number of likely N-dealkylation sites (tertiary alicyclic amines) is 1. The molecular weight excluding hydrogens is 292 g/mol. The fraction of sp³-hybridized carbons (Fsp3) is 0.588. The van der Waals surface area contributed by atoms with E-state index in [9.17, 15) is 4.79 Å². The first-order chi connectivity index (χ1) is 11.2. The number of hydrogen-bond donors (Lipinski definition) is 0. The first kappa shape index (κ1) is 14.5. The first-order valence-corrected chi connectivity index (χ1v) is 8.43. The zero-order valence-electron chi connectivity index (χ0n) is 13.4. The van der Waals surface area contributed by atoms with Crippen LogP contribution in [0.15, 0.2) is 29.3 Å². The van der Waals surface area contributed by atoms with E-state index in [-0.39, 0.29) is 11.3 Å². The third kappa shape index (κ3) is 2.28. The van der Waals surface area contributed by atoms with Crippen molar-refractivity contribution in [3.63, 3.8) is 0 Å². The lowest BCUT2D eigenvalue weighted by Crippen LogP contribution is -2.38. The largest absolute Gasteiger partial charge is 0.472 e. The summed E-state index contributed by atoms with van der Waals surface area (Å²) in [5.74, 6) is 1.41. The molecule has 0 bridgehead atoms. The number of carbonyl (C=O) groups is 1. The third-order valence-electron chi connectivity index (χ3n) is 5.47. The van der Waals surface area contributed by atoms with E-state index in [2.05, 4.69) is 21.7 Å². The van der Waals surface area contributed by atoms with E-state index in [1.165, 1.54) is 25.5 Å². The lowest BCUT2D eigenvalue weighted by Gasteiger charge is -2.42. The van der Waals surface area contributed by atoms with Gasteiger partial charge < -0.3 is 13.9 Å². The second-order valence-electron chi connectivity index (χ2n) is 6.85. The number of rotatable bonds is 4. The molecule has 1 saturated carbocycles. The third-order valence-corrected chi connectivity index (χ3v) is 5.47. The summed E-state index contributed by atoms with van der Waals surface area (Å²) in [4.78, 5) is 14.7. The predicted molar refractivity (Wildman–Crippen MR) is 83.9 cm³/mol. The lowest BCUT2D eigenvalue weighted by molar-refractivity contribution is 0.0722. The molecule has 122 valence electrons. The smallest absolute Gasteiger partial charge is 0.257 e. The molecule has 2 aromatic rings. The van der Waals surface area contributed by atoms with Gasteiger partial charge in [-0.15, -0.1) is 10.2 Å². The first-order valence-electron chi connectivity index (χ1n) is 8.43. The molecule has 3 heterocycles. The SMILES string of the molecule is CCCn1cnnc1C1CN(C(=O)c2ccoc2)CC12CCC2. The van der Waals surface area contributed by atoms with E-state index in [1.54, 1.807) is 12.3 Å². The highest BCUT2D eigenvalue weighted by Crippen LogP contribution is 2.55. The quantitative estimate of drug-likeness (QED) is 0.870. The molecule has 1 saturated heterocycles. The summed E-state index contributed by atoms with van der Waals surface area (Å²) in [7, 11) is 0. The Bertz CT molecular complexity index is 687. The Hall–Kier alpha value is -2.11. The average molecular weight is 314 g/mol. The number of carbonyl (C=O) groups excluding carboxylic acids is 1. The van der Waals surface area contributed by atoms with Crippen LogP contribution in [-0.2, 0) is 6.54 Å². The van der Waals surface area contributed by atoms with Gasteiger partial charge in [0.15, 0.2) is 0 Å². The monoisotopic (exact) mass is 314 g/mol. The van der Waals surface area contributed by atoms with Gasteiger partial charge in [-0.25, -0.2) is 0 Å². The fourth-order valence-electron chi connectivity index (χ4n) is 4.13. The van der Waals surface area contributed by atoms with Crippen molar-refractivity contribution in [1.82, 2.24) is 19.7 Å². The van der Waals surface area contributed by atoms with Crippen LogP contribution >= 0.6 is 0 Å². The van der Waals surface area contributed by atoms with Gasteiger partial charge in [0.05, 0.1) is 11.8 Å². The molecule has 0 N–H and O–H groups in total. The summed E-state index contributed by atoms with van der Waals surface area (Å²) < 4.78 is 7.23. The summed E-state index contributed by atoms with van der Waals surface area (Å²) in [5, 5.41) is 8.53. The minimum atomic E-state index is 0.0640. The van der Waals surface area contributed by atoms with Gasteiger partial charge >= 0.3 is 0 Å². The zero-order chi connectivity index (χ0) is 15.9. The maximum atomic E-state index is 12.7. The van der Waals surface area contributed by atoms with Crippen molar-refractivity contribution in [2.45, 2.75) is 45.1 Å². The molecule has 4 rings (SSSR count). The summed E-state index contributed by atoms with van der Waals surface area (Å²) in [6.07, 6.45) is 9.55. The molecule has 0 radical (unpaired) electrons. The van der Waals surface area contributed by atoms with Gasteiger partial charge in [0.2, 0.25) is 0 Å². The molecule has 6 heteroatoms. The maximum Gasteiger partial charge on any atom is 0.257 e. The van der Waals surface area contributed by atoms with Crippen LogP contribution in [0, 0.1) is 5.41 Å². The van der Waals surface area contributed by atoms with E-state index in [0.717, 1.165) is 31.9 Å². The molecule has 2 aromatic heterocycles. The van der Waals surface area contributed by atoms with Crippen molar-refractivity contribution in [2.24, 2.45) is 5.41 Å². The topological polar surface area (TPSA) is 64.2 Å². The highest BCUT2D eigenvalue weighted by molar-refractivity contribution is 5.94. The zero-order valence-corrected chi connectivity index (χ0v) is 13.4. The van der Waals surface area contributed by atoms with Crippen LogP contribution in [-0.4, -0.2) is 38.7 Å². The summed E-state index contributed by atoms with van der Waals surface area (Å²) in [6, 6.07) is 1.74. The van der Waals surface area contributed by atoms with E-state index in [1.807, 2.05) is 11.2 Å². The van der Waals surface area contributed by atoms with Crippen molar-refractivity contribution in [3.05, 3.63) is 36.3 Å². The summed E-state index contributed by atoms with van der Waals surface area (Å²) in [6.45, 7) is 4.64. The maximum absolute atomic E-state index is 12.7. The molecule has 1 unspecified atom stereocenters. The number of nitrogens with zero attached hydrogens (tertiary/aromatic N) is 4. The standard InChI is InChI=1S/C17H22N4O2/c1-2-7-20-12-18-19-15(20)14-9-21(11-17(14)5-3-6-17)16(22)13-4-8-23-10-13/h4,8,10,12,14H,2-3,5-7,9,11H2,1H3. The number of aryl methyl sites for hydroxylation is 1. The minimum absolute atomic E-state index is 0.0640. The second-order valence-corrected chi connectivity index (χ2v) is 6.85. The second kappa shape index (κ2) is 5.51. The Morgan fingerprint density at radius 3 is 3.00 bits per heavy atom. The Morgan fingerprint density at radius 2 is 2.35 bits per heavy atom. The Balaban J connectivity index is 1.62. The molecule has 2 aliphatic rings. The van der Waals surface area contributed by atoms with E-state index in [0.29, 0.717) is 11.5 Å². The number of hydrogen-bond acceptors (Lipinski definition) is 4. The van der Waals surface area contributed by atoms with Gasteiger partial charge in [0, 0.05) is 25.6 Å². The average Bonchev–Trinajstić information content (AvgIpc) is 3.24. The van der Waals surface area contributed by atoms with Crippen LogP contribution in [0.3, 0.4) is 0 Å². The fourth-order valence-corrected chi connectivity index (χ4v) is 4.13. The van der Waals surface area contributed by atoms with Crippen LogP contribution in [0.5, 0.6) is 0 Å². The van der Waals surface area contributed by atoms with Gasteiger partial charge in [0.1, 0.15) is 18.4 Å². The van der Waals surface area contributed by atoms with Gasteiger partial charge in [-0.05, 0) is 30.7 Å². The molecule has 1 spiro atoms. The summed E-state index contributed by atoms with van der Waals surface area (Å²) >= 11 is 0. The van der Waals surface area contributed by atoms with E-state index < -0.39 is 0 Å². The van der Waals surface area contributed by atoms with Gasteiger partial charge in [-0.3, -0.25) is 4.79 Å². The molecular formula is C17H22N4O2. The number of aromatic nitrogens is 3. The molecule has 1 amide bonds. The molecule has 2 fully saturated rings. The number of furan rings is 1. The normalized spacial score (nSPS) is 22.5. The summed E-state index contributed by atoms with van der Waals surface area (Å²) in [5.41, 5.74) is 0.827. The predicted octanol–water partition coefficient (Wildman–Crippen LogP) is 2.69. The van der Waals surface area contributed by atoms with Crippen molar-refractivity contribution in [1.29, 1.82) is 0 Å². The Morgan fingerprint density at radius 1 is 1.48 bits per heavy atom.